The predicted octanol–water partition coefficient (Wildman–Crippen LogP) is 2.98. The van der Waals surface area contributed by atoms with Crippen LogP contribution in [-0.2, 0) is 14.4 Å². The summed E-state index contributed by atoms with van der Waals surface area (Å²) in [6.45, 7) is 0.546. The van der Waals surface area contributed by atoms with Gasteiger partial charge in [-0.25, -0.2) is 4.79 Å². The number of imide groups is 1. The number of benzene rings is 1. The zero-order valence-electron chi connectivity index (χ0n) is 16.7. The van der Waals surface area contributed by atoms with Crippen LogP contribution in [-0.4, -0.2) is 64.2 Å². The predicted molar refractivity (Wildman–Crippen MR) is 112 cm³/mol. The zero-order valence-corrected chi connectivity index (χ0v) is 17.5. The summed E-state index contributed by atoms with van der Waals surface area (Å²) in [7, 11) is 1.53. The number of carboxylic acids is 1. The lowest BCUT2D eigenvalue weighted by atomic mass is 10.0. The number of rotatable bonds is 7. The van der Waals surface area contributed by atoms with Crippen LogP contribution in [0.5, 0.6) is 5.75 Å². The molecule has 0 aromatic heterocycles. The van der Waals surface area contributed by atoms with E-state index in [0.29, 0.717) is 35.6 Å². The molecule has 3 rings (SSSR count). The topological polar surface area (TPSA) is 104 Å². The second-order valence-electron chi connectivity index (χ2n) is 7.12. The SMILES string of the molecule is COc1ccccc1C=C1SC(=O)N(CCCC(=O)N2CCCCC2C(=O)O)C1=O. The molecule has 0 bridgehead atoms. The number of para-hydroxylation sites is 1. The summed E-state index contributed by atoms with van der Waals surface area (Å²) in [4.78, 5) is 51.6. The maximum absolute atomic E-state index is 12.6. The lowest BCUT2D eigenvalue weighted by Crippen LogP contribution is -2.48. The number of methoxy groups -OCH3 is 1. The second-order valence-corrected chi connectivity index (χ2v) is 8.11. The van der Waals surface area contributed by atoms with Crippen molar-refractivity contribution in [3.05, 3.63) is 34.7 Å². The highest BCUT2D eigenvalue weighted by atomic mass is 32.2. The van der Waals surface area contributed by atoms with Crippen LogP contribution in [0.1, 0.15) is 37.7 Å². The summed E-state index contributed by atoms with van der Waals surface area (Å²) < 4.78 is 5.27. The van der Waals surface area contributed by atoms with E-state index in [1.807, 2.05) is 12.1 Å². The fourth-order valence-electron chi connectivity index (χ4n) is 3.64. The number of amides is 3. The molecule has 1 unspecified atom stereocenters. The zero-order chi connectivity index (χ0) is 21.7. The van der Waals surface area contributed by atoms with Gasteiger partial charge in [-0.05, 0) is 49.6 Å². The van der Waals surface area contributed by atoms with Crippen molar-refractivity contribution in [1.29, 1.82) is 0 Å². The van der Waals surface area contributed by atoms with Crippen molar-refractivity contribution < 1.29 is 29.0 Å². The summed E-state index contributed by atoms with van der Waals surface area (Å²) in [6, 6.07) is 6.41. The Balaban J connectivity index is 1.59. The lowest BCUT2D eigenvalue weighted by Gasteiger charge is -2.33. The molecule has 1 aromatic carbocycles. The van der Waals surface area contributed by atoms with E-state index in [1.165, 1.54) is 12.0 Å². The number of aliphatic carboxylic acids is 1. The van der Waals surface area contributed by atoms with Gasteiger partial charge in [-0.3, -0.25) is 19.3 Å². The van der Waals surface area contributed by atoms with E-state index in [0.717, 1.165) is 29.5 Å². The van der Waals surface area contributed by atoms with Gasteiger partial charge in [-0.1, -0.05) is 18.2 Å². The molecule has 2 aliphatic heterocycles. The van der Waals surface area contributed by atoms with Gasteiger partial charge in [0.25, 0.3) is 11.1 Å². The van der Waals surface area contributed by atoms with Gasteiger partial charge in [0.05, 0.1) is 12.0 Å². The Morgan fingerprint density at radius 2 is 2.03 bits per heavy atom. The van der Waals surface area contributed by atoms with Gasteiger partial charge in [0, 0.05) is 25.1 Å². The average Bonchev–Trinajstić information content (AvgIpc) is 3.01. The van der Waals surface area contributed by atoms with Crippen LogP contribution in [0.3, 0.4) is 0 Å². The standard InChI is InChI=1S/C21H24N2O6S/c1-29-16-9-3-2-7-14(16)13-17-19(25)23(21(28)30-17)12-6-10-18(24)22-11-5-4-8-15(22)20(26)27/h2-3,7,9,13,15H,4-6,8,10-12H2,1H3,(H,26,27). The highest BCUT2D eigenvalue weighted by Gasteiger charge is 2.36. The molecule has 0 aliphatic carbocycles. The van der Waals surface area contributed by atoms with Gasteiger partial charge in [-0.15, -0.1) is 0 Å². The van der Waals surface area contributed by atoms with E-state index in [1.54, 1.807) is 18.2 Å². The number of carboxylic acid groups (broad SMARTS) is 1. The van der Waals surface area contributed by atoms with Gasteiger partial charge in [0.15, 0.2) is 0 Å². The molecule has 2 heterocycles. The number of carbonyl (C=O) groups excluding carboxylic acids is 3. The average molecular weight is 432 g/mol. The van der Waals surface area contributed by atoms with Gasteiger partial charge in [0.1, 0.15) is 11.8 Å². The molecule has 8 nitrogen and oxygen atoms in total. The highest BCUT2D eigenvalue weighted by molar-refractivity contribution is 8.18. The van der Waals surface area contributed by atoms with Crippen molar-refractivity contribution in [3.63, 3.8) is 0 Å². The van der Waals surface area contributed by atoms with Crippen LogP contribution in [0.2, 0.25) is 0 Å². The monoisotopic (exact) mass is 432 g/mol. The fraction of sp³-hybridized carbons (Fsp3) is 0.429. The van der Waals surface area contributed by atoms with Crippen molar-refractivity contribution in [3.8, 4) is 5.75 Å². The molecule has 0 saturated carbocycles. The maximum Gasteiger partial charge on any atom is 0.326 e. The summed E-state index contributed by atoms with van der Waals surface area (Å²) in [6.07, 6.45) is 4.04. The van der Waals surface area contributed by atoms with Crippen LogP contribution >= 0.6 is 11.8 Å². The molecule has 1 N–H and O–H groups in total. The third-order valence-corrected chi connectivity index (χ3v) is 6.09. The molecule has 2 saturated heterocycles. The molecule has 0 spiro atoms. The number of thioether (sulfide) groups is 1. The normalized spacial score (nSPS) is 20.7. The van der Waals surface area contributed by atoms with Crippen molar-refractivity contribution in [2.24, 2.45) is 0 Å². The van der Waals surface area contributed by atoms with Crippen LogP contribution < -0.4 is 4.74 Å². The number of ether oxygens (including phenoxy) is 1. The minimum absolute atomic E-state index is 0.0943. The molecule has 1 atom stereocenters. The van der Waals surface area contributed by atoms with Crippen LogP contribution in [0.15, 0.2) is 29.2 Å². The van der Waals surface area contributed by atoms with E-state index in [4.69, 9.17) is 4.74 Å². The van der Waals surface area contributed by atoms with Crippen LogP contribution in [0, 0.1) is 0 Å². The van der Waals surface area contributed by atoms with E-state index in [-0.39, 0.29) is 24.1 Å². The Bertz CT molecular complexity index is 884. The summed E-state index contributed by atoms with van der Waals surface area (Å²) in [5.74, 6) is -1.04. The largest absolute Gasteiger partial charge is 0.496 e. The van der Waals surface area contributed by atoms with Crippen LogP contribution in [0.4, 0.5) is 4.79 Å². The molecular weight excluding hydrogens is 408 g/mol. The number of nitrogens with zero attached hydrogens (tertiary/aromatic N) is 2. The van der Waals surface area contributed by atoms with E-state index < -0.39 is 17.9 Å². The van der Waals surface area contributed by atoms with Crippen molar-refractivity contribution in [2.45, 2.75) is 38.1 Å². The lowest BCUT2D eigenvalue weighted by molar-refractivity contribution is -0.152. The van der Waals surface area contributed by atoms with Crippen molar-refractivity contribution in [1.82, 2.24) is 9.80 Å². The summed E-state index contributed by atoms with van der Waals surface area (Å²) >= 11 is 0.857. The maximum atomic E-state index is 12.6. The third kappa shape index (κ3) is 4.84. The van der Waals surface area contributed by atoms with Gasteiger partial charge >= 0.3 is 5.97 Å². The fourth-order valence-corrected chi connectivity index (χ4v) is 4.49. The number of hydrogen-bond acceptors (Lipinski definition) is 6. The molecule has 2 aliphatic rings. The Labute approximate surface area is 178 Å². The van der Waals surface area contributed by atoms with Crippen molar-refractivity contribution in [2.75, 3.05) is 20.2 Å². The van der Waals surface area contributed by atoms with Gasteiger partial charge in [0.2, 0.25) is 5.91 Å². The molecule has 9 heteroatoms. The minimum Gasteiger partial charge on any atom is -0.496 e. The molecule has 2 fully saturated rings. The Hall–Kier alpha value is -2.81. The van der Waals surface area contributed by atoms with E-state index in [2.05, 4.69) is 0 Å². The second kappa shape index (κ2) is 9.80. The number of hydrogen-bond donors (Lipinski definition) is 1. The first-order valence-corrected chi connectivity index (χ1v) is 10.6. The number of likely N-dealkylation sites (tertiary alicyclic amines) is 1. The van der Waals surface area contributed by atoms with E-state index in [9.17, 15) is 24.3 Å². The first-order valence-electron chi connectivity index (χ1n) is 9.83. The first kappa shape index (κ1) is 21.9. The quantitative estimate of drug-likeness (QED) is 0.661. The molecule has 30 heavy (non-hydrogen) atoms. The van der Waals surface area contributed by atoms with Crippen LogP contribution in [0.25, 0.3) is 6.08 Å². The van der Waals surface area contributed by atoms with Gasteiger partial charge < -0.3 is 14.7 Å². The molecular formula is C21H24N2O6S. The number of piperidine rings is 1. The highest BCUT2D eigenvalue weighted by Crippen LogP contribution is 2.34. The molecule has 160 valence electrons. The minimum atomic E-state index is -0.990. The van der Waals surface area contributed by atoms with E-state index >= 15 is 0 Å². The molecule has 1 aromatic rings. The summed E-state index contributed by atoms with van der Waals surface area (Å²) in [5, 5.41) is 8.92. The Morgan fingerprint density at radius 3 is 2.77 bits per heavy atom. The summed E-state index contributed by atoms with van der Waals surface area (Å²) in [5.41, 5.74) is 0.700. The number of carbonyl (C=O) groups is 4. The first-order chi connectivity index (χ1) is 14.4. The molecule has 0 radical (unpaired) electrons. The van der Waals surface area contributed by atoms with Crippen molar-refractivity contribution >= 4 is 40.9 Å². The smallest absolute Gasteiger partial charge is 0.326 e. The van der Waals surface area contributed by atoms with Gasteiger partial charge in [-0.2, -0.15) is 0 Å². The Kier molecular flexibility index (Phi) is 7.15. The third-order valence-electron chi connectivity index (χ3n) is 5.18. The molecule has 3 amide bonds. The Morgan fingerprint density at radius 1 is 1.27 bits per heavy atom.